The van der Waals surface area contributed by atoms with Gasteiger partial charge in [-0.25, -0.2) is 0 Å². The minimum absolute atomic E-state index is 0. The summed E-state index contributed by atoms with van der Waals surface area (Å²) >= 11 is 0. The third-order valence-corrected chi connectivity index (χ3v) is 2.53. The smallest absolute Gasteiger partial charge is 0.466 e. The monoisotopic (exact) mass is 321 g/mol. The maximum absolute atomic E-state index is 12.5. The molecule has 1 aromatic heterocycles. The van der Waals surface area contributed by atoms with E-state index in [-0.39, 0.29) is 63.9 Å². The van der Waals surface area contributed by atoms with E-state index in [1.165, 1.54) is 6.20 Å². The van der Waals surface area contributed by atoms with E-state index >= 15 is 0 Å². The molecule has 0 N–H and O–H groups in total. The SMILES string of the molecule is F[B-](F)(F)c1cncc(OCOCc2ccccc2)c1.[K+]. The van der Waals surface area contributed by atoms with Crippen molar-refractivity contribution in [3.8, 4) is 5.75 Å². The fraction of sp³-hybridized carbons (Fsp3) is 0.154. The number of hydrogen-bond acceptors (Lipinski definition) is 3. The van der Waals surface area contributed by atoms with Crippen LogP contribution >= 0.6 is 0 Å². The van der Waals surface area contributed by atoms with Gasteiger partial charge in [0.05, 0.1) is 12.8 Å². The molecular weight excluding hydrogens is 309 g/mol. The van der Waals surface area contributed by atoms with Crippen molar-refractivity contribution in [2.24, 2.45) is 0 Å². The molecule has 1 heterocycles. The molecule has 2 rings (SSSR count). The Balaban J connectivity index is 0.00000220. The van der Waals surface area contributed by atoms with E-state index in [9.17, 15) is 12.9 Å². The van der Waals surface area contributed by atoms with Crippen molar-refractivity contribution in [1.82, 2.24) is 4.98 Å². The van der Waals surface area contributed by atoms with Crippen LogP contribution in [0.25, 0.3) is 0 Å². The van der Waals surface area contributed by atoms with Crippen LogP contribution in [0.2, 0.25) is 0 Å². The first kappa shape index (κ1) is 18.7. The van der Waals surface area contributed by atoms with E-state index in [2.05, 4.69) is 4.98 Å². The van der Waals surface area contributed by atoms with Gasteiger partial charge in [-0.1, -0.05) is 35.8 Å². The van der Waals surface area contributed by atoms with Crippen molar-refractivity contribution in [2.45, 2.75) is 6.61 Å². The fourth-order valence-corrected chi connectivity index (χ4v) is 1.54. The third kappa shape index (κ3) is 6.50. The number of benzene rings is 1. The Bertz CT molecular complexity index is 555. The van der Waals surface area contributed by atoms with Gasteiger partial charge in [0, 0.05) is 6.20 Å². The van der Waals surface area contributed by atoms with Gasteiger partial charge in [0.25, 0.3) is 0 Å². The first-order valence-electron chi connectivity index (χ1n) is 5.95. The topological polar surface area (TPSA) is 31.4 Å². The van der Waals surface area contributed by atoms with Gasteiger partial charge in [-0.3, -0.25) is 4.98 Å². The summed E-state index contributed by atoms with van der Waals surface area (Å²) in [4.78, 5) is 3.50. The summed E-state index contributed by atoms with van der Waals surface area (Å²) in [5.74, 6) is 0.0368. The van der Waals surface area contributed by atoms with Gasteiger partial charge in [0.15, 0.2) is 6.79 Å². The number of hydrogen-bond donors (Lipinski definition) is 0. The number of pyridine rings is 1. The Labute approximate surface area is 163 Å². The molecule has 0 amide bonds. The molecule has 0 aliphatic rings. The number of rotatable bonds is 6. The molecule has 8 heteroatoms. The van der Waals surface area contributed by atoms with Gasteiger partial charge >= 0.3 is 58.4 Å². The molecule has 0 radical (unpaired) electrons. The quantitative estimate of drug-likeness (QED) is 0.416. The summed E-state index contributed by atoms with van der Waals surface area (Å²) in [6.45, 7) is -4.87. The summed E-state index contributed by atoms with van der Waals surface area (Å²) in [6.07, 6.45) is 1.99. The Kier molecular flexibility index (Phi) is 7.93. The standard InChI is InChI=1S/C13H12BF3NO2.K/c15-14(16,17)12-6-13(8-18-7-12)20-10-19-9-11-4-2-1-3-5-11;/h1-8H,9-10H2;/q-1;+1. The van der Waals surface area contributed by atoms with Crippen LogP contribution in [0.15, 0.2) is 48.8 Å². The van der Waals surface area contributed by atoms with Gasteiger partial charge in [0.1, 0.15) is 5.75 Å². The number of aromatic nitrogens is 1. The molecule has 2 aromatic rings. The molecule has 0 aliphatic heterocycles. The molecule has 0 aliphatic carbocycles. The fourth-order valence-electron chi connectivity index (χ4n) is 1.54. The van der Waals surface area contributed by atoms with Crippen LogP contribution in [0.5, 0.6) is 5.75 Å². The molecule has 0 saturated heterocycles. The second-order valence-electron chi connectivity index (χ2n) is 4.12. The molecule has 0 fully saturated rings. The van der Waals surface area contributed by atoms with E-state index in [1.54, 1.807) is 0 Å². The van der Waals surface area contributed by atoms with E-state index < -0.39 is 12.4 Å². The normalized spacial score (nSPS) is 10.8. The van der Waals surface area contributed by atoms with Gasteiger partial charge < -0.3 is 22.4 Å². The van der Waals surface area contributed by atoms with E-state index in [0.29, 0.717) is 6.61 Å². The number of nitrogens with zero attached hydrogens (tertiary/aromatic N) is 1. The molecule has 0 atom stereocenters. The summed E-state index contributed by atoms with van der Waals surface area (Å²) in [5.41, 5.74) is 0.173. The van der Waals surface area contributed by atoms with Crippen LogP contribution in [0, 0.1) is 0 Å². The van der Waals surface area contributed by atoms with Crippen LogP contribution in [0.1, 0.15) is 5.56 Å². The van der Waals surface area contributed by atoms with Crippen LogP contribution in [0.3, 0.4) is 0 Å². The maximum Gasteiger partial charge on any atom is 1.00 e. The molecular formula is C13H12BF3KNO2. The number of ether oxygens (including phenoxy) is 2. The molecule has 0 spiro atoms. The van der Waals surface area contributed by atoms with Crippen molar-refractivity contribution in [1.29, 1.82) is 0 Å². The van der Waals surface area contributed by atoms with Crippen LogP contribution < -0.4 is 61.6 Å². The molecule has 21 heavy (non-hydrogen) atoms. The molecule has 106 valence electrons. The van der Waals surface area contributed by atoms with E-state index in [0.717, 1.165) is 17.8 Å². The minimum atomic E-state index is -5.07. The molecule has 0 bridgehead atoms. The number of halogens is 3. The van der Waals surface area contributed by atoms with Crippen LogP contribution in [-0.4, -0.2) is 18.8 Å². The first-order chi connectivity index (χ1) is 9.55. The van der Waals surface area contributed by atoms with Crippen LogP contribution in [0.4, 0.5) is 12.9 Å². The first-order valence-corrected chi connectivity index (χ1v) is 5.95. The predicted octanol–water partition coefficient (Wildman–Crippen LogP) is -0.307. The maximum atomic E-state index is 12.5. The van der Waals surface area contributed by atoms with E-state index in [1.807, 2.05) is 30.3 Å². The van der Waals surface area contributed by atoms with Gasteiger partial charge in [0.2, 0.25) is 0 Å². The second kappa shape index (κ2) is 8.92. The van der Waals surface area contributed by atoms with Gasteiger partial charge in [-0.05, 0) is 11.6 Å². The van der Waals surface area contributed by atoms with Crippen molar-refractivity contribution < 1.29 is 73.8 Å². The molecule has 0 saturated carbocycles. The third-order valence-electron chi connectivity index (χ3n) is 2.53. The van der Waals surface area contributed by atoms with Gasteiger partial charge in [-0.2, -0.15) is 0 Å². The van der Waals surface area contributed by atoms with Crippen molar-refractivity contribution in [3.63, 3.8) is 0 Å². The average Bonchev–Trinajstić information content (AvgIpc) is 2.44. The zero-order valence-electron chi connectivity index (χ0n) is 11.5. The molecule has 0 unspecified atom stereocenters. The zero-order valence-corrected chi connectivity index (χ0v) is 14.6. The minimum Gasteiger partial charge on any atom is -0.466 e. The molecule has 3 nitrogen and oxygen atoms in total. The predicted molar refractivity (Wildman–Crippen MR) is 69.7 cm³/mol. The van der Waals surface area contributed by atoms with Gasteiger partial charge in [-0.15, -0.1) is 0 Å². The van der Waals surface area contributed by atoms with Crippen LogP contribution in [-0.2, 0) is 11.3 Å². The van der Waals surface area contributed by atoms with E-state index in [4.69, 9.17) is 9.47 Å². The van der Waals surface area contributed by atoms with Crippen molar-refractivity contribution in [2.75, 3.05) is 6.79 Å². The Morgan fingerprint density at radius 2 is 1.76 bits per heavy atom. The summed E-state index contributed by atoms with van der Waals surface area (Å²) in [6, 6.07) is 10.3. The molecule has 1 aromatic carbocycles. The van der Waals surface area contributed by atoms with Crippen molar-refractivity contribution in [3.05, 3.63) is 54.4 Å². The second-order valence-corrected chi connectivity index (χ2v) is 4.12. The largest absolute Gasteiger partial charge is 1.00 e. The Hall–Kier alpha value is -0.379. The summed E-state index contributed by atoms with van der Waals surface area (Å²) < 4.78 is 47.9. The summed E-state index contributed by atoms with van der Waals surface area (Å²) in [7, 11) is 0. The van der Waals surface area contributed by atoms with Crippen molar-refractivity contribution >= 4 is 12.4 Å². The zero-order chi connectivity index (χ0) is 14.4. The summed E-state index contributed by atoms with van der Waals surface area (Å²) in [5, 5.41) is 0. The Morgan fingerprint density at radius 1 is 1.05 bits per heavy atom. The Morgan fingerprint density at radius 3 is 2.43 bits per heavy atom. The average molecular weight is 321 g/mol.